The molecule has 0 bridgehead atoms. The van der Waals surface area contributed by atoms with Crippen molar-refractivity contribution in [2.24, 2.45) is 5.92 Å². The molecule has 0 saturated carbocycles. The molecule has 2 aromatic rings. The maximum absolute atomic E-state index is 12.8. The minimum absolute atomic E-state index is 0.0200. The number of carbonyl (C=O) groups excluding carboxylic acids is 2. The highest BCUT2D eigenvalue weighted by molar-refractivity contribution is 6.04. The number of anilines is 2. The highest BCUT2D eigenvalue weighted by atomic mass is 16.2. The molecule has 0 unspecified atom stereocenters. The molecule has 1 atom stereocenters. The lowest BCUT2D eigenvalue weighted by Crippen LogP contribution is -2.29. The summed E-state index contributed by atoms with van der Waals surface area (Å²) < 4.78 is 0. The average molecular weight is 350 g/mol. The number of carbonyl (C=O) groups is 2. The van der Waals surface area contributed by atoms with Gasteiger partial charge < -0.3 is 10.2 Å². The summed E-state index contributed by atoms with van der Waals surface area (Å²) in [5.74, 6) is -0.373. The molecule has 1 saturated heterocycles. The third-order valence-electron chi connectivity index (χ3n) is 5.15. The van der Waals surface area contributed by atoms with Crippen molar-refractivity contribution in [2.45, 2.75) is 40.0 Å². The second kappa shape index (κ2) is 7.73. The Morgan fingerprint density at radius 3 is 2.50 bits per heavy atom. The topological polar surface area (TPSA) is 49.4 Å². The van der Waals surface area contributed by atoms with E-state index in [4.69, 9.17) is 0 Å². The highest BCUT2D eigenvalue weighted by Crippen LogP contribution is 2.30. The summed E-state index contributed by atoms with van der Waals surface area (Å²) >= 11 is 0. The first-order valence-electron chi connectivity index (χ1n) is 9.32. The van der Waals surface area contributed by atoms with Gasteiger partial charge in [0.15, 0.2) is 0 Å². The van der Waals surface area contributed by atoms with Gasteiger partial charge in [0.25, 0.3) is 0 Å². The average Bonchev–Trinajstić information content (AvgIpc) is 3.05. The van der Waals surface area contributed by atoms with Crippen molar-refractivity contribution >= 4 is 23.2 Å². The van der Waals surface area contributed by atoms with Crippen LogP contribution in [0.4, 0.5) is 11.4 Å². The molecule has 3 rings (SSSR count). The van der Waals surface area contributed by atoms with Gasteiger partial charge in [0.2, 0.25) is 11.8 Å². The Kier molecular flexibility index (Phi) is 5.40. The predicted molar refractivity (Wildman–Crippen MR) is 105 cm³/mol. The van der Waals surface area contributed by atoms with E-state index in [2.05, 4.69) is 19.2 Å². The minimum Gasteiger partial charge on any atom is -0.325 e. The first kappa shape index (κ1) is 18.2. The van der Waals surface area contributed by atoms with Crippen molar-refractivity contribution in [1.82, 2.24) is 0 Å². The maximum atomic E-state index is 12.8. The molecule has 4 nitrogen and oxygen atoms in total. The third kappa shape index (κ3) is 3.50. The lowest BCUT2D eigenvalue weighted by molar-refractivity contribution is -0.122. The van der Waals surface area contributed by atoms with E-state index in [0.717, 1.165) is 40.9 Å². The van der Waals surface area contributed by atoms with Gasteiger partial charge in [0, 0.05) is 24.3 Å². The van der Waals surface area contributed by atoms with Gasteiger partial charge in [-0.05, 0) is 42.5 Å². The summed E-state index contributed by atoms with van der Waals surface area (Å²) in [6.07, 6.45) is 1.98. The van der Waals surface area contributed by atoms with E-state index in [1.165, 1.54) is 0 Å². The molecular weight excluding hydrogens is 324 g/mol. The maximum Gasteiger partial charge on any atom is 0.229 e. The van der Waals surface area contributed by atoms with E-state index < -0.39 is 0 Å². The Hall–Kier alpha value is -2.62. The molecule has 1 aliphatic heterocycles. The number of nitrogens with one attached hydrogen (secondary N) is 1. The van der Waals surface area contributed by atoms with Crippen LogP contribution in [0.5, 0.6) is 0 Å². The van der Waals surface area contributed by atoms with Gasteiger partial charge in [0.05, 0.1) is 5.92 Å². The number of amides is 2. The number of para-hydroxylation sites is 2. The lowest BCUT2D eigenvalue weighted by atomic mass is 10.0. The molecule has 1 fully saturated rings. The lowest BCUT2D eigenvalue weighted by Gasteiger charge is -2.20. The second-order valence-corrected chi connectivity index (χ2v) is 6.84. The number of nitrogens with zero attached hydrogens (tertiary/aromatic N) is 1. The van der Waals surface area contributed by atoms with Crippen molar-refractivity contribution in [3.05, 3.63) is 59.2 Å². The normalized spacial score (nSPS) is 16.8. The highest BCUT2D eigenvalue weighted by Gasteiger charge is 2.36. The molecule has 4 heteroatoms. The fourth-order valence-electron chi connectivity index (χ4n) is 3.62. The standard InChI is InChI=1S/C22H26N2O2/c1-4-16-10-6-7-12-19(16)24-14-18(13-20(24)25)22(26)23-21-15(3)9-8-11-17(21)5-2/h6-12,18H,4-5,13-14H2,1-3H3,(H,23,26)/t18-/m1/s1. The monoisotopic (exact) mass is 350 g/mol. The molecule has 0 aromatic heterocycles. The summed E-state index contributed by atoms with van der Waals surface area (Å²) in [7, 11) is 0. The number of hydrogen-bond acceptors (Lipinski definition) is 2. The molecule has 26 heavy (non-hydrogen) atoms. The zero-order chi connectivity index (χ0) is 18.7. The van der Waals surface area contributed by atoms with Gasteiger partial charge in [0.1, 0.15) is 0 Å². The van der Waals surface area contributed by atoms with Gasteiger partial charge >= 0.3 is 0 Å². The van der Waals surface area contributed by atoms with E-state index in [1.54, 1.807) is 4.90 Å². The fraction of sp³-hybridized carbons (Fsp3) is 0.364. The van der Waals surface area contributed by atoms with E-state index in [9.17, 15) is 9.59 Å². The molecule has 0 aliphatic carbocycles. The summed E-state index contributed by atoms with van der Waals surface area (Å²) in [5, 5.41) is 3.08. The van der Waals surface area contributed by atoms with Crippen LogP contribution in [0.3, 0.4) is 0 Å². The van der Waals surface area contributed by atoms with Gasteiger partial charge in [-0.2, -0.15) is 0 Å². The molecule has 0 spiro atoms. The van der Waals surface area contributed by atoms with Crippen LogP contribution in [-0.2, 0) is 22.4 Å². The Bertz CT molecular complexity index is 829. The van der Waals surface area contributed by atoms with Gasteiger partial charge in [-0.3, -0.25) is 9.59 Å². The first-order chi connectivity index (χ1) is 12.5. The minimum atomic E-state index is -0.322. The Morgan fingerprint density at radius 2 is 1.77 bits per heavy atom. The van der Waals surface area contributed by atoms with Gasteiger partial charge in [-0.15, -0.1) is 0 Å². The fourth-order valence-corrected chi connectivity index (χ4v) is 3.62. The summed E-state index contributed by atoms with van der Waals surface area (Å²) in [6.45, 7) is 6.59. The van der Waals surface area contributed by atoms with Crippen LogP contribution in [0.15, 0.2) is 42.5 Å². The molecule has 2 aromatic carbocycles. The van der Waals surface area contributed by atoms with Crippen LogP contribution < -0.4 is 10.2 Å². The van der Waals surface area contributed by atoms with Crippen LogP contribution in [0.25, 0.3) is 0 Å². The number of rotatable bonds is 5. The van der Waals surface area contributed by atoms with Crippen LogP contribution in [0.1, 0.15) is 37.0 Å². The summed E-state index contributed by atoms with van der Waals surface area (Å²) in [4.78, 5) is 27.1. The largest absolute Gasteiger partial charge is 0.325 e. The van der Waals surface area contributed by atoms with E-state index >= 15 is 0 Å². The van der Waals surface area contributed by atoms with E-state index in [0.29, 0.717) is 6.54 Å². The van der Waals surface area contributed by atoms with Crippen LogP contribution >= 0.6 is 0 Å². The molecule has 1 N–H and O–H groups in total. The molecular formula is C22H26N2O2. The van der Waals surface area contributed by atoms with Crippen molar-refractivity contribution in [2.75, 3.05) is 16.8 Å². The number of aryl methyl sites for hydroxylation is 3. The Balaban J connectivity index is 1.78. The van der Waals surface area contributed by atoms with Crippen LogP contribution in [0.2, 0.25) is 0 Å². The Labute approximate surface area is 155 Å². The molecule has 0 radical (unpaired) electrons. The van der Waals surface area contributed by atoms with E-state index in [-0.39, 0.29) is 24.2 Å². The second-order valence-electron chi connectivity index (χ2n) is 6.84. The van der Waals surface area contributed by atoms with Crippen LogP contribution in [0, 0.1) is 12.8 Å². The SMILES string of the molecule is CCc1ccccc1N1C[C@H](C(=O)Nc2c(C)cccc2CC)CC1=O. The molecule has 136 valence electrons. The molecule has 1 aliphatic rings. The number of hydrogen-bond donors (Lipinski definition) is 1. The quantitative estimate of drug-likeness (QED) is 0.882. The van der Waals surface area contributed by atoms with Gasteiger partial charge in [-0.25, -0.2) is 0 Å². The van der Waals surface area contributed by atoms with Crippen molar-refractivity contribution in [1.29, 1.82) is 0 Å². The summed E-state index contributed by atoms with van der Waals surface area (Å²) in [5.41, 5.74) is 5.13. The smallest absolute Gasteiger partial charge is 0.229 e. The third-order valence-corrected chi connectivity index (χ3v) is 5.15. The van der Waals surface area contributed by atoms with Gasteiger partial charge in [-0.1, -0.05) is 50.2 Å². The number of benzene rings is 2. The predicted octanol–water partition coefficient (Wildman–Crippen LogP) is 4.11. The zero-order valence-corrected chi connectivity index (χ0v) is 15.7. The van der Waals surface area contributed by atoms with Crippen molar-refractivity contribution in [3.63, 3.8) is 0 Å². The molecule has 1 heterocycles. The van der Waals surface area contributed by atoms with Crippen molar-refractivity contribution in [3.8, 4) is 0 Å². The van der Waals surface area contributed by atoms with E-state index in [1.807, 2.05) is 49.4 Å². The zero-order valence-electron chi connectivity index (χ0n) is 15.7. The summed E-state index contributed by atoms with van der Waals surface area (Å²) in [6, 6.07) is 14.0. The van der Waals surface area contributed by atoms with Crippen molar-refractivity contribution < 1.29 is 9.59 Å². The molecule has 2 amide bonds. The van der Waals surface area contributed by atoms with Crippen LogP contribution in [-0.4, -0.2) is 18.4 Å². The first-order valence-corrected chi connectivity index (χ1v) is 9.32. The Morgan fingerprint density at radius 1 is 1.08 bits per heavy atom.